The molecule has 0 atom stereocenters. The van der Waals surface area contributed by atoms with E-state index in [-0.39, 0.29) is 11.5 Å². The number of hydrogen-bond acceptors (Lipinski definition) is 5. The van der Waals surface area contributed by atoms with Gasteiger partial charge in [-0.3, -0.25) is 4.79 Å². The van der Waals surface area contributed by atoms with Gasteiger partial charge in [-0.1, -0.05) is 12.1 Å². The van der Waals surface area contributed by atoms with Crippen LogP contribution in [0.2, 0.25) is 0 Å². The van der Waals surface area contributed by atoms with Gasteiger partial charge in [-0.2, -0.15) is 8.78 Å². The highest BCUT2D eigenvalue weighted by molar-refractivity contribution is 6.00. The molecule has 0 spiro atoms. The first kappa shape index (κ1) is 23.7. The molecule has 6 nitrogen and oxygen atoms in total. The largest absolute Gasteiger partial charge is 0.497 e. The Morgan fingerprint density at radius 3 is 2.42 bits per heavy atom. The zero-order valence-corrected chi connectivity index (χ0v) is 18.4. The fourth-order valence-corrected chi connectivity index (χ4v) is 3.39. The molecule has 0 aliphatic carbocycles. The number of methoxy groups -OCH3 is 1. The second-order valence-electron chi connectivity index (χ2n) is 7.13. The van der Waals surface area contributed by atoms with Crippen LogP contribution in [-0.2, 0) is 9.53 Å². The molecule has 0 N–H and O–H groups in total. The van der Waals surface area contributed by atoms with Crippen LogP contribution in [0, 0.1) is 13.8 Å². The van der Waals surface area contributed by atoms with Crippen molar-refractivity contribution in [1.29, 1.82) is 0 Å². The molecule has 3 rings (SSSR count). The minimum Gasteiger partial charge on any atom is -0.497 e. The molecular weight excluding hydrogens is 432 g/mol. The van der Waals surface area contributed by atoms with Gasteiger partial charge in [-0.05, 0) is 68.0 Å². The van der Waals surface area contributed by atoms with E-state index in [1.807, 2.05) is 11.5 Å². The predicted octanol–water partition coefficient (Wildman–Crippen LogP) is 5.14. The Labute approximate surface area is 190 Å². The number of alkyl halides is 2. The van der Waals surface area contributed by atoms with Gasteiger partial charge >= 0.3 is 12.6 Å². The van der Waals surface area contributed by atoms with Crippen LogP contribution in [0.15, 0.2) is 60.7 Å². The minimum atomic E-state index is -2.90. The summed E-state index contributed by atoms with van der Waals surface area (Å²) >= 11 is 0. The Hall–Kier alpha value is -3.94. The van der Waals surface area contributed by atoms with Crippen LogP contribution < -0.4 is 9.47 Å². The molecule has 0 saturated heterocycles. The van der Waals surface area contributed by atoms with Crippen LogP contribution >= 0.6 is 0 Å². The lowest BCUT2D eigenvalue weighted by Crippen LogP contribution is -2.13. The number of nitrogens with zero attached hydrogens (tertiary/aromatic N) is 1. The maximum absolute atomic E-state index is 12.7. The zero-order chi connectivity index (χ0) is 24.0. The molecule has 0 aliphatic rings. The second kappa shape index (κ2) is 10.6. The molecule has 0 unspecified atom stereocenters. The number of Topliss-reactive ketones (excluding diaryl/α,β-unsaturated/α-hetero) is 1. The summed E-state index contributed by atoms with van der Waals surface area (Å²) in [6.45, 7) is 0.264. The number of rotatable bonds is 9. The number of ketones is 1. The van der Waals surface area contributed by atoms with Crippen molar-refractivity contribution in [2.75, 3.05) is 13.7 Å². The summed E-state index contributed by atoms with van der Waals surface area (Å²) in [5.41, 5.74) is 3.26. The summed E-state index contributed by atoms with van der Waals surface area (Å²) in [4.78, 5) is 24.7. The summed E-state index contributed by atoms with van der Waals surface area (Å²) in [5, 5.41) is 0. The lowest BCUT2D eigenvalue weighted by atomic mass is 10.1. The molecule has 1 aromatic heterocycles. The minimum absolute atomic E-state index is 0.0430. The molecule has 0 fully saturated rings. The monoisotopic (exact) mass is 455 g/mol. The van der Waals surface area contributed by atoms with Crippen molar-refractivity contribution in [2.45, 2.75) is 20.5 Å². The summed E-state index contributed by atoms with van der Waals surface area (Å²) in [6.07, 6.45) is 2.82. The Morgan fingerprint density at radius 1 is 1.03 bits per heavy atom. The quantitative estimate of drug-likeness (QED) is 0.254. The average molecular weight is 455 g/mol. The molecule has 3 aromatic rings. The van der Waals surface area contributed by atoms with Crippen LogP contribution in [0.3, 0.4) is 0 Å². The van der Waals surface area contributed by atoms with Crippen LogP contribution in [0.25, 0.3) is 11.8 Å². The van der Waals surface area contributed by atoms with E-state index in [2.05, 4.69) is 4.74 Å². The molecular formula is C25H23F2NO5. The van der Waals surface area contributed by atoms with Gasteiger partial charge in [0.05, 0.1) is 7.11 Å². The lowest BCUT2D eigenvalue weighted by molar-refractivity contribution is -0.136. The number of carbonyl (C=O) groups is 2. The highest BCUT2D eigenvalue weighted by Gasteiger charge is 2.18. The average Bonchev–Trinajstić information content (AvgIpc) is 3.10. The third-order valence-electron chi connectivity index (χ3n) is 4.90. The van der Waals surface area contributed by atoms with Crippen LogP contribution in [-0.4, -0.2) is 36.6 Å². The Kier molecular flexibility index (Phi) is 7.61. The van der Waals surface area contributed by atoms with E-state index in [1.165, 1.54) is 18.2 Å². The van der Waals surface area contributed by atoms with Crippen molar-refractivity contribution in [1.82, 2.24) is 4.57 Å². The van der Waals surface area contributed by atoms with Crippen LogP contribution in [0.1, 0.15) is 27.3 Å². The van der Waals surface area contributed by atoms with E-state index < -0.39 is 19.2 Å². The van der Waals surface area contributed by atoms with Crippen molar-refractivity contribution >= 4 is 17.8 Å². The summed E-state index contributed by atoms with van der Waals surface area (Å²) < 4.78 is 41.1. The molecule has 172 valence electrons. The number of benzene rings is 2. The normalized spacial score (nSPS) is 11.1. The molecule has 33 heavy (non-hydrogen) atoms. The summed E-state index contributed by atoms with van der Waals surface area (Å²) in [7, 11) is 1.55. The van der Waals surface area contributed by atoms with Crippen molar-refractivity contribution in [3.8, 4) is 17.2 Å². The fourth-order valence-electron chi connectivity index (χ4n) is 3.39. The van der Waals surface area contributed by atoms with Crippen LogP contribution in [0.5, 0.6) is 11.5 Å². The highest BCUT2D eigenvalue weighted by Crippen LogP contribution is 2.24. The Balaban J connectivity index is 1.66. The van der Waals surface area contributed by atoms with E-state index in [9.17, 15) is 18.4 Å². The van der Waals surface area contributed by atoms with Crippen molar-refractivity contribution in [2.24, 2.45) is 0 Å². The van der Waals surface area contributed by atoms with Gasteiger partial charge in [0.15, 0.2) is 6.61 Å². The number of aryl methyl sites for hydroxylation is 1. The molecule has 0 saturated carbocycles. The summed E-state index contributed by atoms with van der Waals surface area (Å²) in [6, 6.07) is 14.9. The van der Waals surface area contributed by atoms with E-state index in [0.29, 0.717) is 22.7 Å². The number of hydrogen-bond donors (Lipinski definition) is 0. The smallest absolute Gasteiger partial charge is 0.387 e. The van der Waals surface area contributed by atoms with E-state index in [0.717, 1.165) is 11.3 Å². The predicted molar refractivity (Wildman–Crippen MR) is 119 cm³/mol. The van der Waals surface area contributed by atoms with E-state index in [4.69, 9.17) is 9.47 Å². The van der Waals surface area contributed by atoms with Crippen LogP contribution in [0.4, 0.5) is 8.78 Å². The molecule has 8 heteroatoms. The molecule has 2 aromatic carbocycles. The SMILES string of the molecule is COc1cccc(C=CC(=O)OCC(=O)c2cc(C)n(-c3ccc(OC(F)F)cc3)c2C)c1. The van der Waals surface area contributed by atoms with Gasteiger partial charge in [0.1, 0.15) is 11.5 Å². The third kappa shape index (κ3) is 6.06. The van der Waals surface area contributed by atoms with E-state index in [1.54, 1.807) is 62.6 Å². The molecule has 0 amide bonds. The first-order valence-electron chi connectivity index (χ1n) is 10.0. The topological polar surface area (TPSA) is 66.8 Å². The molecule has 0 radical (unpaired) electrons. The maximum atomic E-state index is 12.7. The van der Waals surface area contributed by atoms with Gasteiger partial charge in [0.2, 0.25) is 5.78 Å². The van der Waals surface area contributed by atoms with Gasteiger partial charge < -0.3 is 18.8 Å². The van der Waals surface area contributed by atoms with Gasteiger partial charge in [0, 0.05) is 28.7 Å². The lowest BCUT2D eigenvalue weighted by Gasteiger charge is -2.11. The van der Waals surface area contributed by atoms with E-state index >= 15 is 0 Å². The number of ether oxygens (including phenoxy) is 3. The highest BCUT2D eigenvalue weighted by atomic mass is 19.3. The van der Waals surface area contributed by atoms with Crippen molar-refractivity contribution < 1.29 is 32.6 Å². The number of esters is 1. The van der Waals surface area contributed by atoms with Gasteiger partial charge in [-0.15, -0.1) is 0 Å². The Morgan fingerprint density at radius 2 is 1.76 bits per heavy atom. The molecule has 0 aliphatic heterocycles. The first-order valence-corrected chi connectivity index (χ1v) is 10.0. The number of carbonyl (C=O) groups excluding carboxylic acids is 2. The maximum Gasteiger partial charge on any atom is 0.387 e. The Bertz CT molecular complexity index is 1170. The zero-order valence-electron chi connectivity index (χ0n) is 18.4. The van der Waals surface area contributed by atoms with Gasteiger partial charge in [0.25, 0.3) is 0 Å². The number of halogens is 2. The van der Waals surface area contributed by atoms with Crippen molar-refractivity contribution in [3.05, 3.63) is 83.2 Å². The molecule has 0 bridgehead atoms. The molecule has 1 heterocycles. The second-order valence-corrected chi connectivity index (χ2v) is 7.13. The number of aromatic nitrogens is 1. The third-order valence-corrected chi connectivity index (χ3v) is 4.90. The first-order chi connectivity index (χ1) is 15.8. The van der Waals surface area contributed by atoms with Crippen molar-refractivity contribution in [3.63, 3.8) is 0 Å². The summed E-state index contributed by atoms with van der Waals surface area (Å²) in [5.74, 6) is -0.293. The standard InChI is InChI=1S/C25H23F2NO5/c1-16-13-22(17(2)28(16)19-8-10-20(11-9-19)33-25(26)27)23(29)15-32-24(30)12-7-18-5-4-6-21(14-18)31-3/h4-14,25H,15H2,1-3H3. The van der Waals surface area contributed by atoms with Gasteiger partial charge in [-0.25, -0.2) is 4.79 Å². The fraction of sp³-hybridized carbons (Fsp3) is 0.200.